The first-order valence-electron chi connectivity index (χ1n) is 6.77. The number of aliphatic carboxylic acids is 1. The van der Waals surface area contributed by atoms with Gasteiger partial charge in [0.2, 0.25) is 0 Å². The monoisotopic (exact) mass is 266 g/mol. The van der Waals surface area contributed by atoms with Gasteiger partial charge in [0.1, 0.15) is 0 Å². The number of ether oxygens (including phenoxy) is 2. The lowest BCUT2D eigenvalue weighted by atomic mass is 10.1. The molecule has 106 valence electrons. The first-order valence-corrected chi connectivity index (χ1v) is 6.77. The Kier molecular flexibility index (Phi) is 6.79. The molecule has 4 nitrogen and oxygen atoms in total. The maximum Gasteiger partial charge on any atom is 0.303 e. The lowest BCUT2D eigenvalue weighted by molar-refractivity contribution is -0.136. The van der Waals surface area contributed by atoms with E-state index in [4.69, 9.17) is 14.6 Å². The van der Waals surface area contributed by atoms with Crippen LogP contribution in [0.2, 0.25) is 0 Å². The van der Waals surface area contributed by atoms with Crippen molar-refractivity contribution in [3.05, 3.63) is 23.8 Å². The van der Waals surface area contributed by atoms with Gasteiger partial charge in [-0.25, -0.2) is 0 Å². The molecule has 1 N–H and O–H groups in total. The quantitative estimate of drug-likeness (QED) is 0.697. The Morgan fingerprint density at radius 3 is 2.63 bits per heavy atom. The third-order valence-electron chi connectivity index (χ3n) is 2.69. The van der Waals surface area contributed by atoms with Crippen LogP contribution in [0.3, 0.4) is 0 Å². The molecule has 0 saturated heterocycles. The number of unbranched alkanes of at least 4 members (excludes halogenated alkanes) is 1. The summed E-state index contributed by atoms with van der Waals surface area (Å²) in [6, 6.07) is 5.62. The van der Waals surface area contributed by atoms with Gasteiger partial charge in [-0.1, -0.05) is 19.4 Å². The van der Waals surface area contributed by atoms with Crippen molar-refractivity contribution in [2.45, 2.75) is 39.5 Å². The minimum atomic E-state index is -0.791. The summed E-state index contributed by atoms with van der Waals surface area (Å²) in [6.07, 6.45) is 2.72. The van der Waals surface area contributed by atoms with E-state index in [-0.39, 0.29) is 6.42 Å². The van der Waals surface area contributed by atoms with Crippen LogP contribution in [0.25, 0.3) is 0 Å². The standard InChI is InChI=1S/C15H22O4/c1-3-5-10-19-13-8-6-12(7-9-15(16)17)11-14(13)18-4-2/h6,8,11H,3-5,7,9-10H2,1-2H3,(H,16,17). The van der Waals surface area contributed by atoms with Crippen LogP contribution in [-0.2, 0) is 11.2 Å². The van der Waals surface area contributed by atoms with E-state index in [1.54, 1.807) is 0 Å². The second-order valence-electron chi connectivity index (χ2n) is 4.31. The number of carbonyl (C=O) groups is 1. The van der Waals surface area contributed by atoms with Crippen molar-refractivity contribution in [1.29, 1.82) is 0 Å². The topological polar surface area (TPSA) is 55.8 Å². The van der Waals surface area contributed by atoms with Crippen LogP contribution in [0, 0.1) is 0 Å². The molecular formula is C15H22O4. The van der Waals surface area contributed by atoms with E-state index in [1.807, 2.05) is 25.1 Å². The van der Waals surface area contributed by atoms with Gasteiger partial charge < -0.3 is 14.6 Å². The summed E-state index contributed by atoms with van der Waals surface area (Å²) in [5.41, 5.74) is 0.952. The third kappa shape index (κ3) is 5.64. The molecule has 1 aromatic carbocycles. The van der Waals surface area contributed by atoms with Crippen molar-refractivity contribution in [1.82, 2.24) is 0 Å². The highest BCUT2D eigenvalue weighted by Crippen LogP contribution is 2.29. The molecule has 0 aromatic heterocycles. The van der Waals surface area contributed by atoms with Gasteiger partial charge in [-0.3, -0.25) is 4.79 Å². The van der Waals surface area contributed by atoms with Gasteiger partial charge in [-0.05, 0) is 37.5 Å². The average molecular weight is 266 g/mol. The van der Waals surface area contributed by atoms with Gasteiger partial charge in [-0.15, -0.1) is 0 Å². The molecular weight excluding hydrogens is 244 g/mol. The van der Waals surface area contributed by atoms with Crippen LogP contribution in [0.1, 0.15) is 38.7 Å². The summed E-state index contributed by atoms with van der Waals surface area (Å²) in [7, 11) is 0. The molecule has 0 saturated carbocycles. The Morgan fingerprint density at radius 1 is 1.21 bits per heavy atom. The Balaban J connectivity index is 2.72. The SMILES string of the molecule is CCCCOc1ccc(CCC(=O)O)cc1OCC. The summed E-state index contributed by atoms with van der Waals surface area (Å²) in [4.78, 5) is 10.6. The zero-order valence-electron chi connectivity index (χ0n) is 11.6. The van der Waals surface area contributed by atoms with E-state index in [9.17, 15) is 4.79 Å². The fraction of sp³-hybridized carbons (Fsp3) is 0.533. The van der Waals surface area contributed by atoms with Crippen LogP contribution < -0.4 is 9.47 Å². The molecule has 0 aliphatic heterocycles. The van der Waals surface area contributed by atoms with Gasteiger partial charge in [0, 0.05) is 6.42 Å². The van der Waals surface area contributed by atoms with Crippen molar-refractivity contribution < 1.29 is 19.4 Å². The number of carboxylic acid groups (broad SMARTS) is 1. The van der Waals surface area contributed by atoms with Crippen molar-refractivity contribution in [2.75, 3.05) is 13.2 Å². The van der Waals surface area contributed by atoms with E-state index < -0.39 is 5.97 Å². The minimum Gasteiger partial charge on any atom is -0.490 e. The van der Waals surface area contributed by atoms with E-state index in [2.05, 4.69) is 6.92 Å². The molecule has 0 aliphatic rings. The summed E-state index contributed by atoms with van der Waals surface area (Å²) in [5, 5.41) is 8.69. The maximum atomic E-state index is 10.6. The number of hydrogen-bond donors (Lipinski definition) is 1. The number of hydrogen-bond acceptors (Lipinski definition) is 3. The molecule has 19 heavy (non-hydrogen) atoms. The average Bonchev–Trinajstić information content (AvgIpc) is 2.39. The summed E-state index contributed by atoms with van der Waals surface area (Å²) < 4.78 is 11.2. The fourth-order valence-electron chi connectivity index (χ4n) is 1.67. The van der Waals surface area contributed by atoms with Crippen molar-refractivity contribution >= 4 is 5.97 Å². The summed E-state index contributed by atoms with van der Waals surface area (Å²) in [6.45, 7) is 5.26. The third-order valence-corrected chi connectivity index (χ3v) is 2.69. The molecule has 4 heteroatoms. The summed E-state index contributed by atoms with van der Waals surface area (Å²) in [5.74, 6) is 0.636. The largest absolute Gasteiger partial charge is 0.490 e. The predicted molar refractivity (Wildman–Crippen MR) is 74.0 cm³/mol. The smallest absolute Gasteiger partial charge is 0.303 e. The van der Waals surface area contributed by atoms with Gasteiger partial charge in [0.25, 0.3) is 0 Å². The van der Waals surface area contributed by atoms with Crippen LogP contribution >= 0.6 is 0 Å². The lowest BCUT2D eigenvalue weighted by Crippen LogP contribution is -2.02. The van der Waals surface area contributed by atoms with Gasteiger partial charge >= 0.3 is 5.97 Å². The second kappa shape index (κ2) is 8.40. The highest BCUT2D eigenvalue weighted by molar-refractivity contribution is 5.67. The fourth-order valence-corrected chi connectivity index (χ4v) is 1.67. The van der Waals surface area contributed by atoms with Crippen LogP contribution in [-0.4, -0.2) is 24.3 Å². The Morgan fingerprint density at radius 2 is 2.00 bits per heavy atom. The molecule has 0 heterocycles. The molecule has 0 radical (unpaired) electrons. The van der Waals surface area contributed by atoms with E-state index in [0.29, 0.717) is 25.4 Å². The summed E-state index contributed by atoms with van der Waals surface area (Å²) >= 11 is 0. The van der Waals surface area contributed by atoms with Crippen molar-refractivity contribution in [3.63, 3.8) is 0 Å². The molecule has 0 amide bonds. The molecule has 0 atom stereocenters. The number of benzene rings is 1. The Bertz CT molecular complexity index is 401. The number of carboxylic acids is 1. The Hall–Kier alpha value is -1.71. The predicted octanol–water partition coefficient (Wildman–Crippen LogP) is 3.28. The van der Waals surface area contributed by atoms with Gasteiger partial charge in [0.05, 0.1) is 13.2 Å². The van der Waals surface area contributed by atoms with Crippen LogP contribution in [0.5, 0.6) is 11.5 Å². The highest BCUT2D eigenvalue weighted by atomic mass is 16.5. The van der Waals surface area contributed by atoms with Crippen molar-refractivity contribution in [3.8, 4) is 11.5 Å². The zero-order chi connectivity index (χ0) is 14.1. The molecule has 0 unspecified atom stereocenters. The van der Waals surface area contributed by atoms with E-state index >= 15 is 0 Å². The molecule has 0 aliphatic carbocycles. The van der Waals surface area contributed by atoms with E-state index in [0.717, 1.165) is 24.2 Å². The number of aryl methyl sites for hydroxylation is 1. The first-order chi connectivity index (χ1) is 9.17. The molecule has 0 fully saturated rings. The molecule has 0 spiro atoms. The molecule has 0 bridgehead atoms. The molecule has 1 rings (SSSR count). The van der Waals surface area contributed by atoms with Crippen LogP contribution in [0.15, 0.2) is 18.2 Å². The van der Waals surface area contributed by atoms with Gasteiger partial charge in [-0.2, -0.15) is 0 Å². The lowest BCUT2D eigenvalue weighted by Gasteiger charge is -2.13. The number of rotatable bonds is 9. The van der Waals surface area contributed by atoms with E-state index in [1.165, 1.54) is 0 Å². The zero-order valence-corrected chi connectivity index (χ0v) is 11.6. The first kappa shape index (κ1) is 15.3. The minimum absolute atomic E-state index is 0.127. The van der Waals surface area contributed by atoms with Crippen LogP contribution in [0.4, 0.5) is 0 Å². The maximum absolute atomic E-state index is 10.6. The second-order valence-corrected chi connectivity index (χ2v) is 4.31. The van der Waals surface area contributed by atoms with Gasteiger partial charge in [0.15, 0.2) is 11.5 Å². The van der Waals surface area contributed by atoms with Crippen molar-refractivity contribution in [2.24, 2.45) is 0 Å². The Labute approximate surface area is 114 Å². The molecule has 1 aromatic rings. The normalized spacial score (nSPS) is 10.2. The highest BCUT2D eigenvalue weighted by Gasteiger charge is 2.07.